The van der Waals surface area contributed by atoms with Crippen LogP contribution in [0.2, 0.25) is 0 Å². The largest absolute Gasteiger partial charge is 0.472 e. The molecule has 0 heterocycles. The summed E-state index contributed by atoms with van der Waals surface area (Å²) in [6.45, 7) is 9.60. The first-order valence-corrected chi connectivity index (χ1v) is 43.0. The molecule has 0 aromatic heterocycles. The number of carbonyl (C=O) groups is 4. The van der Waals surface area contributed by atoms with Crippen molar-refractivity contribution in [2.45, 2.75) is 419 Å². The van der Waals surface area contributed by atoms with E-state index in [1.807, 2.05) is 0 Å². The smallest absolute Gasteiger partial charge is 0.462 e. The summed E-state index contributed by atoms with van der Waals surface area (Å²) in [7, 11) is -9.91. The van der Waals surface area contributed by atoms with Crippen LogP contribution in [0, 0.1) is 11.8 Å². The van der Waals surface area contributed by atoms with E-state index >= 15 is 0 Å². The Labute approximate surface area is 588 Å². The van der Waals surface area contributed by atoms with Crippen LogP contribution in [0.15, 0.2) is 0 Å². The van der Waals surface area contributed by atoms with Gasteiger partial charge in [0.05, 0.1) is 26.4 Å². The molecule has 0 aliphatic rings. The van der Waals surface area contributed by atoms with Crippen LogP contribution in [0.25, 0.3) is 0 Å². The average molecular weight is 1410 g/mol. The van der Waals surface area contributed by atoms with E-state index in [1.54, 1.807) is 0 Å². The molecule has 0 aromatic carbocycles. The maximum Gasteiger partial charge on any atom is 0.472 e. The Balaban J connectivity index is 5.24. The summed E-state index contributed by atoms with van der Waals surface area (Å²) >= 11 is 0. The Bertz CT molecular complexity index is 1860. The second-order valence-corrected chi connectivity index (χ2v) is 31.4. The molecule has 96 heavy (non-hydrogen) atoms. The van der Waals surface area contributed by atoms with Gasteiger partial charge in [-0.05, 0) is 37.5 Å². The first kappa shape index (κ1) is 94.1. The molecule has 0 aromatic rings. The van der Waals surface area contributed by atoms with Gasteiger partial charge in [0.1, 0.15) is 19.3 Å². The van der Waals surface area contributed by atoms with Crippen LogP contribution in [0.4, 0.5) is 0 Å². The van der Waals surface area contributed by atoms with E-state index in [0.29, 0.717) is 25.7 Å². The minimum Gasteiger partial charge on any atom is -0.462 e. The highest BCUT2D eigenvalue weighted by Crippen LogP contribution is 2.45. The quantitative estimate of drug-likeness (QED) is 0.0222. The molecule has 0 rings (SSSR count). The summed E-state index contributed by atoms with van der Waals surface area (Å²) in [5, 5.41) is 10.6. The third-order valence-electron chi connectivity index (χ3n) is 18.3. The number of hydrogen-bond acceptors (Lipinski definition) is 15. The van der Waals surface area contributed by atoms with E-state index in [0.717, 1.165) is 102 Å². The van der Waals surface area contributed by atoms with Crippen molar-refractivity contribution in [2.24, 2.45) is 11.8 Å². The topological polar surface area (TPSA) is 237 Å². The molecule has 19 heteroatoms. The maximum atomic E-state index is 13.1. The van der Waals surface area contributed by atoms with Crippen molar-refractivity contribution in [1.82, 2.24) is 0 Å². The van der Waals surface area contributed by atoms with Crippen molar-refractivity contribution in [3.63, 3.8) is 0 Å². The monoisotopic (exact) mass is 1410 g/mol. The van der Waals surface area contributed by atoms with E-state index in [9.17, 15) is 43.2 Å². The number of aliphatic hydroxyl groups excluding tert-OH is 1. The van der Waals surface area contributed by atoms with Crippen LogP contribution < -0.4 is 0 Å². The Hall–Kier alpha value is -1.94. The van der Waals surface area contributed by atoms with Crippen LogP contribution in [0.1, 0.15) is 401 Å². The summed E-state index contributed by atoms with van der Waals surface area (Å²) < 4.78 is 68.6. The predicted octanol–water partition coefficient (Wildman–Crippen LogP) is 22.7. The minimum atomic E-state index is -4.96. The standard InChI is InChI=1S/C77H150O17P2/c1-7-10-12-14-16-18-20-22-23-24-25-26-27-28-30-36-44-50-56-62-77(82)93-72(65-87-74(79)59-53-47-41-34-32-31-33-40-46-52-58-70(6)9-3)67-91-95(83,84)89-63-71(78)64-90-96(85,86)92-68-73(66-88-75(80)60-54-48-42-38-37-39-45-51-57-69(4)5)94-76(81)61-55-49-43-35-29-21-19-17-15-13-11-8-2/h69-73,78H,7-68H2,1-6H3,(H,83,84)(H,85,86)/t70?,71-,72-,73-/m1/s1. The van der Waals surface area contributed by atoms with Crippen molar-refractivity contribution in [3.05, 3.63) is 0 Å². The minimum absolute atomic E-state index is 0.107. The fraction of sp³-hybridized carbons (Fsp3) is 0.948. The van der Waals surface area contributed by atoms with Gasteiger partial charge in [0.2, 0.25) is 0 Å². The molecule has 0 radical (unpaired) electrons. The zero-order chi connectivity index (χ0) is 70.7. The molecule has 0 saturated heterocycles. The summed E-state index contributed by atoms with van der Waals surface area (Å²) in [6, 6.07) is 0. The normalized spacial score (nSPS) is 14.3. The first-order chi connectivity index (χ1) is 46.4. The van der Waals surface area contributed by atoms with Gasteiger partial charge in [-0.3, -0.25) is 37.3 Å². The van der Waals surface area contributed by atoms with Crippen LogP contribution >= 0.6 is 15.6 Å². The van der Waals surface area contributed by atoms with E-state index in [2.05, 4.69) is 41.5 Å². The second kappa shape index (κ2) is 68.8. The molecule has 3 N–H and O–H groups in total. The van der Waals surface area contributed by atoms with E-state index in [4.69, 9.17) is 37.0 Å². The average Bonchev–Trinajstić information content (AvgIpc) is 2.33. The highest BCUT2D eigenvalue weighted by Gasteiger charge is 2.30. The van der Waals surface area contributed by atoms with E-state index < -0.39 is 97.5 Å². The number of hydrogen-bond donors (Lipinski definition) is 3. The SMILES string of the molecule is CCCCCCCCCCCCCCCCCCCCCC(=O)O[C@H](COC(=O)CCCCCCCCCCCCC(C)CC)COP(=O)(O)OC[C@@H](O)COP(=O)(O)OC[C@@H](COC(=O)CCCCCCCCCCC(C)C)OC(=O)CCCCCCCCCCCCCC. The van der Waals surface area contributed by atoms with Crippen molar-refractivity contribution in [1.29, 1.82) is 0 Å². The number of unbranched alkanes of at least 4 members (excludes halogenated alkanes) is 45. The van der Waals surface area contributed by atoms with Gasteiger partial charge >= 0.3 is 39.5 Å². The van der Waals surface area contributed by atoms with Crippen LogP contribution in [-0.4, -0.2) is 96.7 Å². The molecule has 17 nitrogen and oxygen atoms in total. The fourth-order valence-electron chi connectivity index (χ4n) is 11.8. The van der Waals surface area contributed by atoms with Gasteiger partial charge in [-0.15, -0.1) is 0 Å². The lowest BCUT2D eigenvalue weighted by molar-refractivity contribution is -0.161. The van der Waals surface area contributed by atoms with E-state index in [-0.39, 0.29) is 25.7 Å². The van der Waals surface area contributed by atoms with Crippen LogP contribution in [0.3, 0.4) is 0 Å². The van der Waals surface area contributed by atoms with Gasteiger partial charge in [-0.1, -0.05) is 350 Å². The molecule has 6 atom stereocenters. The summed E-state index contributed by atoms with van der Waals surface area (Å²) in [5.74, 6) is -0.578. The third kappa shape index (κ3) is 69.2. The molecule has 0 spiro atoms. The zero-order valence-electron chi connectivity index (χ0n) is 62.7. The van der Waals surface area contributed by atoms with Gasteiger partial charge < -0.3 is 33.8 Å². The van der Waals surface area contributed by atoms with Crippen LogP contribution in [-0.2, 0) is 65.4 Å². The lowest BCUT2D eigenvalue weighted by atomic mass is 9.99. The Morgan fingerprint density at radius 2 is 0.531 bits per heavy atom. The number of carbonyl (C=O) groups excluding carboxylic acids is 4. The molecular weight excluding hydrogens is 1260 g/mol. The molecular formula is C77H150O17P2. The number of esters is 4. The van der Waals surface area contributed by atoms with Crippen LogP contribution in [0.5, 0.6) is 0 Å². The molecule has 0 bridgehead atoms. The number of rotatable bonds is 76. The lowest BCUT2D eigenvalue weighted by Crippen LogP contribution is -2.30. The molecule has 0 aliphatic carbocycles. The summed E-state index contributed by atoms with van der Waals surface area (Å²) in [4.78, 5) is 72.9. The van der Waals surface area contributed by atoms with Gasteiger partial charge in [0.15, 0.2) is 12.2 Å². The third-order valence-corrected chi connectivity index (χ3v) is 20.2. The lowest BCUT2D eigenvalue weighted by Gasteiger charge is -2.21. The highest BCUT2D eigenvalue weighted by molar-refractivity contribution is 7.47. The van der Waals surface area contributed by atoms with Gasteiger partial charge in [0, 0.05) is 25.7 Å². The maximum absolute atomic E-state index is 13.1. The number of phosphoric ester groups is 2. The Morgan fingerprint density at radius 1 is 0.302 bits per heavy atom. The van der Waals surface area contributed by atoms with E-state index in [1.165, 1.54) is 218 Å². The zero-order valence-corrected chi connectivity index (χ0v) is 64.5. The number of phosphoric acid groups is 2. The van der Waals surface area contributed by atoms with Gasteiger partial charge in [-0.2, -0.15) is 0 Å². The molecule has 0 amide bonds. The second-order valence-electron chi connectivity index (χ2n) is 28.5. The Kier molecular flexibility index (Phi) is 67.4. The molecule has 0 saturated carbocycles. The fourth-order valence-corrected chi connectivity index (χ4v) is 13.4. The van der Waals surface area contributed by atoms with Crippen molar-refractivity contribution < 1.29 is 80.2 Å². The molecule has 0 fully saturated rings. The van der Waals surface area contributed by atoms with Crippen molar-refractivity contribution in [2.75, 3.05) is 39.6 Å². The molecule has 3 unspecified atom stereocenters. The number of aliphatic hydroxyl groups is 1. The van der Waals surface area contributed by atoms with Gasteiger partial charge in [-0.25, -0.2) is 9.13 Å². The first-order valence-electron chi connectivity index (χ1n) is 40.0. The van der Waals surface area contributed by atoms with Crippen molar-refractivity contribution >= 4 is 39.5 Å². The summed E-state index contributed by atoms with van der Waals surface area (Å²) in [6.07, 6.45) is 56.8. The summed E-state index contributed by atoms with van der Waals surface area (Å²) in [5.41, 5.74) is 0. The number of ether oxygens (including phenoxy) is 4. The highest BCUT2D eigenvalue weighted by atomic mass is 31.2. The van der Waals surface area contributed by atoms with Gasteiger partial charge in [0.25, 0.3) is 0 Å². The molecule has 570 valence electrons. The molecule has 0 aliphatic heterocycles. The predicted molar refractivity (Wildman–Crippen MR) is 391 cm³/mol. The Morgan fingerprint density at radius 3 is 0.792 bits per heavy atom. The van der Waals surface area contributed by atoms with Crippen molar-refractivity contribution in [3.8, 4) is 0 Å².